The number of aromatic nitrogens is 3. The molecule has 4 rings (SSSR count). The molecule has 4 aromatic rings. The van der Waals surface area contributed by atoms with Gasteiger partial charge in [0.15, 0.2) is 11.5 Å². The predicted octanol–water partition coefficient (Wildman–Crippen LogP) is 3.23. The van der Waals surface area contributed by atoms with Gasteiger partial charge in [0.05, 0.1) is 22.1 Å². The van der Waals surface area contributed by atoms with Crippen LogP contribution in [0.15, 0.2) is 40.8 Å². The van der Waals surface area contributed by atoms with Gasteiger partial charge in [-0.1, -0.05) is 12.1 Å². The van der Waals surface area contributed by atoms with Crippen LogP contribution in [0.3, 0.4) is 0 Å². The summed E-state index contributed by atoms with van der Waals surface area (Å²) in [5.41, 5.74) is 5.03. The molecule has 86 valence electrons. The first-order chi connectivity index (χ1) is 8.79. The average Bonchev–Trinajstić information content (AvgIpc) is 2.72. The van der Waals surface area contributed by atoms with Crippen molar-refractivity contribution in [2.45, 2.75) is 6.92 Å². The van der Waals surface area contributed by atoms with Crippen LogP contribution in [-0.2, 0) is 0 Å². The monoisotopic (exact) mass is 235 g/mol. The van der Waals surface area contributed by atoms with Gasteiger partial charge in [0.2, 0.25) is 0 Å². The van der Waals surface area contributed by atoms with Crippen molar-refractivity contribution in [2.24, 2.45) is 0 Å². The van der Waals surface area contributed by atoms with Crippen LogP contribution in [0.2, 0.25) is 0 Å². The lowest BCUT2D eigenvalue weighted by Gasteiger charge is -1.99. The lowest BCUT2D eigenvalue weighted by atomic mass is 10.2. The number of nitrogens with zero attached hydrogens (tertiary/aromatic N) is 3. The summed E-state index contributed by atoms with van der Waals surface area (Å²) in [6.45, 7) is 1.84. The summed E-state index contributed by atoms with van der Waals surface area (Å²) in [5.74, 6) is 0.657. The van der Waals surface area contributed by atoms with Gasteiger partial charge in [-0.15, -0.1) is 0 Å². The van der Waals surface area contributed by atoms with Crippen LogP contribution in [0.5, 0.6) is 0 Å². The molecule has 0 fully saturated rings. The smallest absolute Gasteiger partial charge is 0.192 e. The zero-order valence-corrected chi connectivity index (χ0v) is 9.71. The van der Waals surface area contributed by atoms with E-state index in [2.05, 4.69) is 15.0 Å². The van der Waals surface area contributed by atoms with Crippen LogP contribution in [0.1, 0.15) is 5.89 Å². The molecule has 0 aliphatic rings. The second-order valence-electron chi connectivity index (χ2n) is 4.25. The molecule has 0 unspecified atom stereocenters. The molecule has 18 heavy (non-hydrogen) atoms. The number of oxazole rings is 1. The van der Waals surface area contributed by atoms with Crippen molar-refractivity contribution in [3.63, 3.8) is 0 Å². The molecular formula is C14H9N3O. The Labute approximate surface area is 102 Å². The van der Waals surface area contributed by atoms with Crippen molar-refractivity contribution < 1.29 is 4.42 Å². The fraction of sp³-hybridized carbons (Fsp3) is 0.0714. The fourth-order valence-electron chi connectivity index (χ4n) is 2.16. The minimum atomic E-state index is 0.657. The largest absolute Gasteiger partial charge is 0.441 e. The van der Waals surface area contributed by atoms with E-state index in [1.807, 2.05) is 43.3 Å². The van der Waals surface area contributed by atoms with E-state index >= 15 is 0 Å². The van der Waals surface area contributed by atoms with Gasteiger partial charge in [-0.25, -0.2) is 15.0 Å². The lowest BCUT2D eigenvalue weighted by molar-refractivity contribution is 0.561. The van der Waals surface area contributed by atoms with Crippen molar-refractivity contribution >= 4 is 33.2 Å². The Morgan fingerprint density at radius 2 is 1.44 bits per heavy atom. The van der Waals surface area contributed by atoms with Gasteiger partial charge in [0.25, 0.3) is 0 Å². The van der Waals surface area contributed by atoms with Crippen molar-refractivity contribution in [3.05, 3.63) is 42.3 Å². The average molecular weight is 235 g/mol. The van der Waals surface area contributed by atoms with E-state index in [4.69, 9.17) is 4.42 Å². The second kappa shape index (κ2) is 3.26. The maximum Gasteiger partial charge on any atom is 0.192 e. The Kier molecular flexibility index (Phi) is 1.73. The van der Waals surface area contributed by atoms with E-state index in [0.717, 1.165) is 33.2 Å². The lowest BCUT2D eigenvalue weighted by Crippen LogP contribution is -1.86. The summed E-state index contributed by atoms with van der Waals surface area (Å²) < 4.78 is 5.51. The maximum absolute atomic E-state index is 5.51. The molecule has 0 amide bonds. The zero-order valence-electron chi connectivity index (χ0n) is 9.71. The van der Waals surface area contributed by atoms with Crippen molar-refractivity contribution in [3.8, 4) is 0 Å². The Hall–Kier alpha value is -2.49. The quantitative estimate of drug-likeness (QED) is 0.439. The Bertz CT molecular complexity index is 823. The van der Waals surface area contributed by atoms with Crippen molar-refractivity contribution in [1.82, 2.24) is 15.0 Å². The predicted molar refractivity (Wildman–Crippen MR) is 69.3 cm³/mol. The van der Waals surface area contributed by atoms with Crippen LogP contribution in [0.4, 0.5) is 0 Å². The molecule has 0 aliphatic heterocycles. The molecule has 2 aromatic carbocycles. The van der Waals surface area contributed by atoms with Gasteiger partial charge < -0.3 is 4.42 Å². The topological polar surface area (TPSA) is 51.8 Å². The molecule has 0 N–H and O–H groups in total. The molecular weight excluding hydrogens is 226 g/mol. The molecule has 2 aromatic heterocycles. The summed E-state index contributed by atoms with van der Waals surface area (Å²) in [4.78, 5) is 13.5. The van der Waals surface area contributed by atoms with Crippen LogP contribution in [-0.4, -0.2) is 15.0 Å². The van der Waals surface area contributed by atoms with Gasteiger partial charge in [-0.3, -0.25) is 0 Å². The molecule has 0 atom stereocenters. The number of benzene rings is 2. The fourth-order valence-corrected chi connectivity index (χ4v) is 2.16. The number of hydrogen-bond acceptors (Lipinski definition) is 4. The number of rotatable bonds is 0. The molecule has 4 heteroatoms. The first-order valence-electron chi connectivity index (χ1n) is 5.73. The molecule has 0 bridgehead atoms. The molecule has 0 saturated heterocycles. The third-order valence-corrected chi connectivity index (χ3v) is 2.96. The highest BCUT2D eigenvalue weighted by molar-refractivity contribution is 5.93. The van der Waals surface area contributed by atoms with E-state index in [-0.39, 0.29) is 0 Å². The number of aryl methyl sites for hydroxylation is 1. The SMILES string of the molecule is Cc1nc2cc3nc4ccccc4nc3cc2o1. The first-order valence-corrected chi connectivity index (χ1v) is 5.73. The van der Waals surface area contributed by atoms with Crippen molar-refractivity contribution in [2.75, 3.05) is 0 Å². The van der Waals surface area contributed by atoms with Gasteiger partial charge in [0.1, 0.15) is 5.52 Å². The van der Waals surface area contributed by atoms with Crippen LogP contribution in [0.25, 0.3) is 33.2 Å². The first kappa shape index (κ1) is 9.53. The highest BCUT2D eigenvalue weighted by Crippen LogP contribution is 2.22. The molecule has 0 spiro atoms. The van der Waals surface area contributed by atoms with Crippen LogP contribution in [0, 0.1) is 6.92 Å². The standard InChI is InChI=1S/C14H9N3O/c1-8-15-13-6-11-12(7-14(13)18-8)17-10-5-3-2-4-9(10)16-11/h2-7H,1H3. The molecule has 4 nitrogen and oxygen atoms in total. The van der Waals surface area contributed by atoms with Gasteiger partial charge >= 0.3 is 0 Å². The normalized spacial score (nSPS) is 11.6. The van der Waals surface area contributed by atoms with Gasteiger partial charge in [-0.05, 0) is 18.2 Å². The maximum atomic E-state index is 5.51. The van der Waals surface area contributed by atoms with Crippen LogP contribution >= 0.6 is 0 Å². The van der Waals surface area contributed by atoms with E-state index < -0.39 is 0 Å². The van der Waals surface area contributed by atoms with E-state index in [0.29, 0.717) is 5.89 Å². The Morgan fingerprint density at radius 3 is 2.17 bits per heavy atom. The molecule has 0 radical (unpaired) electrons. The summed E-state index contributed by atoms with van der Waals surface area (Å²) in [6, 6.07) is 11.6. The second-order valence-corrected chi connectivity index (χ2v) is 4.25. The molecule has 0 aliphatic carbocycles. The minimum Gasteiger partial charge on any atom is -0.441 e. The number of para-hydroxylation sites is 2. The highest BCUT2D eigenvalue weighted by Gasteiger charge is 2.07. The minimum absolute atomic E-state index is 0.657. The summed E-state index contributed by atoms with van der Waals surface area (Å²) in [6.07, 6.45) is 0. The number of hydrogen-bond donors (Lipinski definition) is 0. The van der Waals surface area contributed by atoms with E-state index in [9.17, 15) is 0 Å². The Morgan fingerprint density at radius 1 is 0.778 bits per heavy atom. The summed E-state index contributed by atoms with van der Waals surface area (Å²) in [7, 11) is 0. The van der Waals surface area contributed by atoms with Crippen molar-refractivity contribution in [1.29, 1.82) is 0 Å². The van der Waals surface area contributed by atoms with Crippen LogP contribution < -0.4 is 0 Å². The summed E-state index contributed by atoms with van der Waals surface area (Å²) >= 11 is 0. The van der Waals surface area contributed by atoms with Gasteiger partial charge in [-0.2, -0.15) is 0 Å². The molecule has 2 heterocycles. The van der Waals surface area contributed by atoms with E-state index in [1.165, 1.54) is 0 Å². The van der Waals surface area contributed by atoms with Gasteiger partial charge in [0, 0.05) is 13.0 Å². The summed E-state index contributed by atoms with van der Waals surface area (Å²) in [5, 5.41) is 0. The highest BCUT2D eigenvalue weighted by atomic mass is 16.3. The third-order valence-electron chi connectivity index (χ3n) is 2.96. The third kappa shape index (κ3) is 1.29. The number of fused-ring (bicyclic) bond motifs is 3. The van der Waals surface area contributed by atoms with E-state index in [1.54, 1.807) is 0 Å². The zero-order chi connectivity index (χ0) is 12.1. The molecule has 0 saturated carbocycles. The Balaban J connectivity index is 2.19.